The molecule has 7 heteroatoms. The number of carbonyl (C=O) groups excluding carboxylic acids is 1. The van der Waals surface area contributed by atoms with Crippen molar-refractivity contribution in [1.82, 2.24) is 15.1 Å². The zero-order valence-corrected chi connectivity index (χ0v) is 14.9. The first-order valence-corrected chi connectivity index (χ1v) is 8.59. The van der Waals surface area contributed by atoms with Gasteiger partial charge in [-0.15, -0.1) is 0 Å². The lowest BCUT2D eigenvalue weighted by molar-refractivity contribution is -0.137. The summed E-state index contributed by atoms with van der Waals surface area (Å²) in [5.74, 6) is 0.0335. The van der Waals surface area contributed by atoms with Crippen LogP contribution in [0.5, 0.6) is 0 Å². The van der Waals surface area contributed by atoms with Gasteiger partial charge in [-0.1, -0.05) is 12.1 Å². The summed E-state index contributed by atoms with van der Waals surface area (Å²) in [7, 11) is 0. The predicted molar refractivity (Wildman–Crippen MR) is 91.0 cm³/mol. The van der Waals surface area contributed by atoms with E-state index >= 15 is 0 Å². The molecule has 1 saturated heterocycles. The van der Waals surface area contributed by atoms with Crippen molar-refractivity contribution in [3.05, 3.63) is 35.4 Å². The van der Waals surface area contributed by atoms with E-state index in [9.17, 15) is 18.0 Å². The highest BCUT2D eigenvalue weighted by atomic mass is 19.4. The van der Waals surface area contributed by atoms with E-state index in [1.54, 1.807) is 0 Å². The van der Waals surface area contributed by atoms with E-state index in [-0.39, 0.29) is 18.0 Å². The molecule has 1 aliphatic heterocycles. The molecule has 0 radical (unpaired) electrons. The summed E-state index contributed by atoms with van der Waals surface area (Å²) in [5, 5.41) is 2.92. The Bertz CT molecular complexity index is 564. The van der Waals surface area contributed by atoms with Crippen molar-refractivity contribution in [3.63, 3.8) is 0 Å². The smallest absolute Gasteiger partial charge is 0.353 e. The average Bonchev–Trinajstić information content (AvgIpc) is 2.54. The summed E-state index contributed by atoms with van der Waals surface area (Å²) in [6.07, 6.45) is -4.29. The Morgan fingerprint density at radius 2 is 1.64 bits per heavy atom. The molecule has 0 spiro atoms. The standard InChI is InChI=1S/C18H26F3N3O/c1-13(2)22-17(25)14(3)24-10-8-23(9-11-24)12-15-4-6-16(7-5-15)18(19,20)21/h4-7,13-14H,8-12H2,1-3H3,(H,22,25). The minimum absolute atomic E-state index is 0.0335. The topological polar surface area (TPSA) is 35.6 Å². The summed E-state index contributed by atoms with van der Waals surface area (Å²) in [4.78, 5) is 16.4. The van der Waals surface area contributed by atoms with Crippen LogP contribution in [0.15, 0.2) is 24.3 Å². The highest BCUT2D eigenvalue weighted by Crippen LogP contribution is 2.29. The SMILES string of the molecule is CC(C)NC(=O)C(C)N1CCN(Cc2ccc(C(F)(F)F)cc2)CC1. The van der Waals surface area contributed by atoms with Crippen LogP contribution in [0.4, 0.5) is 13.2 Å². The second-order valence-electron chi connectivity index (χ2n) is 6.85. The van der Waals surface area contributed by atoms with Crippen molar-refractivity contribution in [3.8, 4) is 0 Å². The lowest BCUT2D eigenvalue weighted by Gasteiger charge is -2.37. The second-order valence-corrected chi connectivity index (χ2v) is 6.85. The maximum Gasteiger partial charge on any atom is 0.416 e. The van der Waals surface area contributed by atoms with Crippen LogP contribution in [0.25, 0.3) is 0 Å². The molecule has 1 atom stereocenters. The van der Waals surface area contributed by atoms with Gasteiger partial charge in [0, 0.05) is 38.8 Å². The molecule has 0 saturated carbocycles. The number of rotatable bonds is 5. The summed E-state index contributed by atoms with van der Waals surface area (Å²) >= 11 is 0. The lowest BCUT2D eigenvalue weighted by Crippen LogP contribution is -2.54. The van der Waals surface area contributed by atoms with Crippen molar-refractivity contribution in [2.24, 2.45) is 0 Å². The van der Waals surface area contributed by atoms with Gasteiger partial charge in [0.2, 0.25) is 5.91 Å². The molecule has 140 valence electrons. The Morgan fingerprint density at radius 1 is 1.08 bits per heavy atom. The fourth-order valence-electron chi connectivity index (χ4n) is 2.94. The van der Waals surface area contributed by atoms with Gasteiger partial charge in [0.25, 0.3) is 0 Å². The van der Waals surface area contributed by atoms with Crippen molar-refractivity contribution in [2.45, 2.75) is 45.6 Å². The second kappa shape index (κ2) is 8.19. The third-order valence-corrected chi connectivity index (χ3v) is 4.45. The van der Waals surface area contributed by atoms with Crippen LogP contribution in [0, 0.1) is 0 Å². The number of hydrogen-bond acceptors (Lipinski definition) is 3. The van der Waals surface area contributed by atoms with Gasteiger partial charge in [-0.2, -0.15) is 13.2 Å². The molecular weight excluding hydrogens is 331 g/mol. The molecule has 1 unspecified atom stereocenters. The molecule has 0 aliphatic carbocycles. The maximum atomic E-state index is 12.6. The van der Waals surface area contributed by atoms with Gasteiger partial charge in [-0.25, -0.2) is 0 Å². The minimum Gasteiger partial charge on any atom is -0.353 e. The van der Waals surface area contributed by atoms with E-state index in [4.69, 9.17) is 0 Å². The Kier molecular flexibility index (Phi) is 6.46. The first-order chi connectivity index (χ1) is 11.7. The lowest BCUT2D eigenvalue weighted by atomic mass is 10.1. The number of carbonyl (C=O) groups is 1. The Labute approximate surface area is 147 Å². The molecule has 0 bridgehead atoms. The number of hydrogen-bond donors (Lipinski definition) is 1. The first-order valence-electron chi connectivity index (χ1n) is 8.59. The predicted octanol–water partition coefficient (Wildman–Crippen LogP) is 2.74. The zero-order valence-electron chi connectivity index (χ0n) is 14.9. The van der Waals surface area contributed by atoms with Crippen LogP contribution in [-0.4, -0.2) is 54.0 Å². The summed E-state index contributed by atoms with van der Waals surface area (Å²) < 4.78 is 37.8. The molecule has 4 nitrogen and oxygen atoms in total. The van der Waals surface area contributed by atoms with E-state index in [1.165, 1.54) is 12.1 Å². The molecule has 1 aliphatic rings. The van der Waals surface area contributed by atoms with E-state index in [0.29, 0.717) is 6.54 Å². The molecule has 1 heterocycles. The van der Waals surface area contributed by atoms with Crippen LogP contribution in [0.2, 0.25) is 0 Å². The highest BCUT2D eigenvalue weighted by Gasteiger charge is 2.30. The van der Waals surface area contributed by atoms with Crippen molar-refractivity contribution < 1.29 is 18.0 Å². The van der Waals surface area contributed by atoms with Gasteiger partial charge < -0.3 is 5.32 Å². The van der Waals surface area contributed by atoms with E-state index in [2.05, 4.69) is 15.1 Å². The minimum atomic E-state index is -4.29. The normalized spacial score (nSPS) is 18.4. The number of nitrogens with one attached hydrogen (secondary N) is 1. The number of amides is 1. The molecule has 2 rings (SSSR count). The molecule has 1 amide bonds. The van der Waals surface area contributed by atoms with Gasteiger partial charge in [0.1, 0.15) is 0 Å². The van der Waals surface area contributed by atoms with Crippen molar-refractivity contribution >= 4 is 5.91 Å². The van der Waals surface area contributed by atoms with Crippen molar-refractivity contribution in [1.29, 1.82) is 0 Å². The number of alkyl halides is 3. The van der Waals surface area contributed by atoms with Gasteiger partial charge in [0.05, 0.1) is 11.6 Å². The van der Waals surface area contributed by atoms with Gasteiger partial charge >= 0.3 is 6.18 Å². The van der Waals surface area contributed by atoms with E-state index < -0.39 is 11.7 Å². The fraction of sp³-hybridized carbons (Fsp3) is 0.611. The molecule has 1 aromatic carbocycles. The van der Waals surface area contributed by atoms with Gasteiger partial charge in [-0.05, 0) is 38.5 Å². The molecule has 0 aromatic heterocycles. The molecule has 1 fully saturated rings. The van der Waals surface area contributed by atoms with Crippen LogP contribution in [0.1, 0.15) is 31.9 Å². The average molecular weight is 357 g/mol. The molecule has 1 aromatic rings. The van der Waals surface area contributed by atoms with Crippen molar-refractivity contribution in [2.75, 3.05) is 26.2 Å². The fourth-order valence-corrected chi connectivity index (χ4v) is 2.94. The summed E-state index contributed by atoms with van der Waals surface area (Å²) in [6, 6.07) is 5.28. The Balaban J connectivity index is 1.83. The van der Waals surface area contributed by atoms with Gasteiger partial charge in [-0.3, -0.25) is 14.6 Å². The maximum absolute atomic E-state index is 12.6. The number of piperazine rings is 1. The van der Waals surface area contributed by atoms with Crippen LogP contribution >= 0.6 is 0 Å². The highest BCUT2D eigenvalue weighted by molar-refractivity contribution is 5.81. The Morgan fingerprint density at radius 3 is 2.12 bits per heavy atom. The van der Waals surface area contributed by atoms with Gasteiger partial charge in [0.15, 0.2) is 0 Å². The third kappa shape index (κ3) is 5.71. The monoisotopic (exact) mass is 357 g/mol. The van der Waals surface area contributed by atoms with Crippen LogP contribution in [0.3, 0.4) is 0 Å². The number of benzene rings is 1. The molecule has 1 N–H and O–H groups in total. The largest absolute Gasteiger partial charge is 0.416 e. The number of nitrogens with zero attached hydrogens (tertiary/aromatic N) is 2. The summed E-state index contributed by atoms with van der Waals surface area (Å²) in [5.41, 5.74) is 0.248. The van der Waals surface area contributed by atoms with Crippen LogP contribution < -0.4 is 5.32 Å². The van der Waals surface area contributed by atoms with E-state index in [1.807, 2.05) is 20.8 Å². The third-order valence-electron chi connectivity index (χ3n) is 4.45. The summed E-state index contributed by atoms with van der Waals surface area (Å²) in [6.45, 7) is 9.53. The van der Waals surface area contributed by atoms with Crippen LogP contribution in [-0.2, 0) is 17.5 Å². The molecule has 25 heavy (non-hydrogen) atoms. The number of halogens is 3. The first kappa shape index (κ1) is 19.7. The molecular formula is C18H26F3N3O. The Hall–Kier alpha value is -1.60. The van der Waals surface area contributed by atoms with E-state index in [0.717, 1.165) is 43.9 Å². The quantitative estimate of drug-likeness (QED) is 0.880. The zero-order chi connectivity index (χ0) is 18.6.